The summed E-state index contributed by atoms with van der Waals surface area (Å²) >= 11 is 0. The average Bonchev–Trinajstić information content (AvgIpc) is 3.24. The third-order valence-electron chi connectivity index (χ3n) is 4.67. The van der Waals surface area contributed by atoms with Crippen molar-refractivity contribution >= 4 is 5.91 Å². The number of hydrogen-bond acceptors (Lipinski definition) is 6. The zero-order valence-electron chi connectivity index (χ0n) is 17.0. The van der Waals surface area contributed by atoms with E-state index in [0.717, 1.165) is 11.1 Å². The van der Waals surface area contributed by atoms with Crippen molar-refractivity contribution in [2.75, 3.05) is 34.9 Å². The van der Waals surface area contributed by atoms with Crippen molar-refractivity contribution in [3.63, 3.8) is 0 Å². The molecule has 1 heterocycles. The van der Waals surface area contributed by atoms with Gasteiger partial charge in [0.25, 0.3) is 5.91 Å². The van der Waals surface area contributed by atoms with Gasteiger partial charge >= 0.3 is 0 Å². The Labute approximate surface area is 170 Å². The predicted molar refractivity (Wildman–Crippen MR) is 110 cm³/mol. The number of amides is 1. The number of nitrogens with one attached hydrogen (secondary N) is 1. The highest BCUT2D eigenvalue weighted by Gasteiger charge is 2.20. The van der Waals surface area contributed by atoms with Gasteiger partial charge in [-0.3, -0.25) is 4.79 Å². The number of methoxy groups -OCH3 is 2. The molecule has 1 amide bonds. The van der Waals surface area contributed by atoms with Gasteiger partial charge in [0.1, 0.15) is 0 Å². The molecule has 7 heteroatoms. The minimum atomic E-state index is -0.289. The van der Waals surface area contributed by atoms with Crippen LogP contribution in [0.4, 0.5) is 0 Å². The summed E-state index contributed by atoms with van der Waals surface area (Å²) in [5.74, 6) is 1.57. The quantitative estimate of drug-likeness (QED) is 0.630. The van der Waals surface area contributed by atoms with Crippen LogP contribution in [-0.4, -0.2) is 50.8 Å². The van der Waals surface area contributed by atoms with Crippen LogP contribution < -0.4 is 14.8 Å². The summed E-state index contributed by atoms with van der Waals surface area (Å²) in [4.78, 5) is 14.6. The van der Waals surface area contributed by atoms with Gasteiger partial charge in [-0.25, -0.2) is 0 Å². The highest BCUT2D eigenvalue weighted by atomic mass is 16.5. The van der Waals surface area contributed by atoms with Crippen LogP contribution in [0.15, 0.2) is 59.1 Å². The second-order valence-electron chi connectivity index (χ2n) is 6.75. The second-order valence-corrected chi connectivity index (χ2v) is 6.75. The molecule has 2 aromatic carbocycles. The first-order chi connectivity index (χ1) is 14.0. The van der Waals surface area contributed by atoms with E-state index in [9.17, 15) is 4.79 Å². The molecule has 1 aromatic heterocycles. The Morgan fingerprint density at radius 3 is 2.45 bits per heavy atom. The van der Waals surface area contributed by atoms with Crippen molar-refractivity contribution < 1.29 is 18.8 Å². The van der Waals surface area contributed by atoms with Gasteiger partial charge in [-0.15, -0.1) is 0 Å². The van der Waals surface area contributed by atoms with Crippen LogP contribution >= 0.6 is 0 Å². The van der Waals surface area contributed by atoms with Gasteiger partial charge < -0.3 is 24.2 Å². The fraction of sp³-hybridized carbons (Fsp3) is 0.273. The van der Waals surface area contributed by atoms with Gasteiger partial charge in [-0.2, -0.15) is 0 Å². The molecule has 0 aliphatic carbocycles. The van der Waals surface area contributed by atoms with Crippen molar-refractivity contribution in [2.45, 2.75) is 6.04 Å². The molecule has 0 aliphatic rings. The molecule has 3 aromatic rings. The number of nitrogens with zero attached hydrogens (tertiary/aromatic N) is 2. The van der Waals surface area contributed by atoms with Gasteiger partial charge in [0, 0.05) is 18.2 Å². The van der Waals surface area contributed by atoms with Crippen LogP contribution in [0.25, 0.3) is 11.3 Å². The molecule has 0 fully saturated rings. The number of rotatable bonds is 8. The van der Waals surface area contributed by atoms with E-state index in [1.807, 2.05) is 67.5 Å². The van der Waals surface area contributed by atoms with Crippen LogP contribution in [0.1, 0.15) is 22.1 Å². The third kappa shape index (κ3) is 4.75. The molecule has 0 saturated heterocycles. The Kier molecular flexibility index (Phi) is 6.51. The van der Waals surface area contributed by atoms with Crippen LogP contribution in [-0.2, 0) is 0 Å². The average molecular weight is 395 g/mol. The zero-order valence-corrected chi connectivity index (χ0v) is 17.0. The summed E-state index contributed by atoms with van der Waals surface area (Å²) in [5.41, 5.74) is 2.11. The lowest BCUT2D eigenvalue weighted by atomic mass is 10.0. The fourth-order valence-corrected chi connectivity index (χ4v) is 3.06. The Morgan fingerprint density at radius 1 is 1.07 bits per heavy atom. The molecule has 1 atom stereocenters. The van der Waals surface area contributed by atoms with E-state index in [1.54, 1.807) is 20.3 Å². The fourth-order valence-electron chi connectivity index (χ4n) is 3.06. The van der Waals surface area contributed by atoms with Crippen molar-refractivity contribution in [3.05, 3.63) is 65.9 Å². The molecule has 0 radical (unpaired) electrons. The van der Waals surface area contributed by atoms with Crippen LogP contribution in [0.5, 0.6) is 11.5 Å². The summed E-state index contributed by atoms with van der Waals surface area (Å²) in [6.07, 6.45) is 0. The smallest absolute Gasteiger partial charge is 0.273 e. The van der Waals surface area contributed by atoms with Gasteiger partial charge in [0.15, 0.2) is 23.0 Å². The van der Waals surface area contributed by atoms with Gasteiger partial charge in [-0.1, -0.05) is 41.6 Å². The van der Waals surface area contributed by atoms with E-state index in [0.29, 0.717) is 23.8 Å². The Bertz CT molecular complexity index is 954. The largest absolute Gasteiger partial charge is 0.493 e. The first-order valence-corrected chi connectivity index (χ1v) is 9.22. The summed E-state index contributed by atoms with van der Waals surface area (Å²) < 4.78 is 16.0. The maximum atomic E-state index is 12.6. The van der Waals surface area contributed by atoms with Crippen LogP contribution in [0.2, 0.25) is 0 Å². The molecule has 7 nitrogen and oxygen atoms in total. The number of benzene rings is 2. The first-order valence-electron chi connectivity index (χ1n) is 9.22. The lowest BCUT2D eigenvalue weighted by Gasteiger charge is -2.25. The summed E-state index contributed by atoms with van der Waals surface area (Å²) in [6, 6.07) is 16.9. The number of carbonyl (C=O) groups excluding carboxylic acids is 1. The molecule has 0 spiro atoms. The molecular weight excluding hydrogens is 370 g/mol. The number of carbonyl (C=O) groups is 1. The highest BCUT2D eigenvalue weighted by Crippen LogP contribution is 2.31. The predicted octanol–water partition coefficient (Wildman–Crippen LogP) is 3.39. The summed E-state index contributed by atoms with van der Waals surface area (Å²) in [6.45, 7) is 0.398. The molecule has 0 unspecified atom stereocenters. The van der Waals surface area contributed by atoms with E-state index < -0.39 is 0 Å². The van der Waals surface area contributed by atoms with Crippen molar-refractivity contribution in [1.29, 1.82) is 0 Å². The van der Waals surface area contributed by atoms with Crippen molar-refractivity contribution in [3.8, 4) is 22.8 Å². The minimum absolute atomic E-state index is 0.0562. The Hall–Kier alpha value is -3.32. The summed E-state index contributed by atoms with van der Waals surface area (Å²) in [5, 5.41) is 6.84. The second kappa shape index (κ2) is 9.25. The third-order valence-corrected chi connectivity index (χ3v) is 4.67. The van der Waals surface area contributed by atoms with Crippen molar-refractivity contribution in [2.24, 2.45) is 0 Å². The first kappa shape index (κ1) is 20.4. The maximum Gasteiger partial charge on any atom is 0.273 e. The molecule has 3 rings (SSSR count). The van der Waals surface area contributed by atoms with E-state index in [1.165, 1.54) is 0 Å². The molecule has 29 heavy (non-hydrogen) atoms. The minimum Gasteiger partial charge on any atom is -0.493 e. The molecule has 0 saturated carbocycles. The SMILES string of the molecule is COc1ccc([C@H](CNC(=O)c2cc(-c3ccccc3)on2)N(C)C)cc1OC. The van der Waals surface area contributed by atoms with Crippen molar-refractivity contribution in [1.82, 2.24) is 15.4 Å². The lowest BCUT2D eigenvalue weighted by molar-refractivity contribution is 0.0933. The molecule has 0 bridgehead atoms. The summed E-state index contributed by atoms with van der Waals surface area (Å²) in [7, 11) is 7.11. The highest BCUT2D eigenvalue weighted by molar-refractivity contribution is 5.93. The Balaban J connectivity index is 1.71. The standard InChI is InChI=1S/C22H25N3O4/c1-25(2)18(16-10-11-19(27-3)21(12-16)28-4)14-23-22(26)17-13-20(29-24-17)15-8-6-5-7-9-15/h5-13,18H,14H2,1-4H3,(H,23,26)/t18-/m0/s1. The number of hydrogen-bond donors (Lipinski definition) is 1. The van der Waals surface area contributed by atoms with E-state index in [4.69, 9.17) is 14.0 Å². The van der Waals surface area contributed by atoms with E-state index in [2.05, 4.69) is 10.5 Å². The molecule has 0 aliphatic heterocycles. The maximum absolute atomic E-state index is 12.6. The van der Waals surface area contributed by atoms with Gasteiger partial charge in [0.2, 0.25) is 0 Å². The van der Waals surface area contributed by atoms with E-state index in [-0.39, 0.29) is 17.6 Å². The van der Waals surface area contributed by atoms with Gasteiger partial charge in [-0.05, 0) is 31.8 Å². The molecule has 1 N–H and O–H groups in total. The monoisotopic (exact) mass is 395 g/mol. The Morgan fingerprint density at radius 2 is 1.79 bits per heavy atom. The molecule has 152 valence electrons. The molecular formula is C22H25N3O4. The lowest BCUT2D eigenvalue weighted by Crippen LogP contribution is -2.34. The van der Waals surface area contributed by atoms with Crippen LogP contribution in [0.3, 0.4) is 0 Å². The number of aromatic nitrogens is 1. The normalized spacial score (nSPS) is 11.9. The number of likely N-dealkylation sites (N-methyl/N-ethyl adjacent to an activating group) is 1. The topological polar surface area (TPSA) is 76.8 Å². The van der Waals surface area contributed by atoms with E-state index >= 15 is 0 Å². The zero-order chi connectivity index (χ0) is 20.8. The number of ether oxygens (including phenoxy) is 2. The van der Waals surface area contributed by atoms with Crippen LogP contribution in [0, 0.1) is 0 Å². The van der Waals surface area contributed by atoms with Gasteiger partial charge in [0.05, 0.1) is 20.3 Å².